The first-order valence-electron chi connectivity index (χ1n) is 9.62. The summed E-state index contributed by atoms with van der Waals surface area (Å²) in [5.41, 5.74) is 1.58. The van der Waals surface area contributed by atoms with Crippen molar-refractivity contribution in [3.8, 4) is 0 Å². The highest BCUT2D eigenvalue weighted by Gasteiger charge is 2.60. The van der Waals surface area contributed by atoms with E-state index in [0.717, 1.165) is 31.6 Å². The lowest BCUT2D eigenvalue weighted by atomic mass is 9.45. The SMILES string of the molecule is CC1(C)C[C@@]2(C)C(=CC1=O)CC[C@H]1[C@@H]3CC[C@H](O)[C@@]3(C)CC[C@@H]12. The van der Waals surface area contributed by atoms with Crippen LogP contribution in [0.1, 0.15) is 72.6 Å². The molecule has 0 heterocycles. The maximum absolute atomic E-state index is 12.4. The Kier molecular flexibility index (Phi) is 3.25. The van der Waals surface area contributed by atoms with Gasteiger partial charge in [0.05, 0.1) is 6.10 Å². The van der Waals surface area contributed by atoms with Crippen molar-refractivity contribution in [2.75, 3.05) is 0 Å². The maximum Gasteiger partial charge on any atom is 0.161 e. The summed E-state index contributed by atoms with van der Waals surface area (Å²) < 4.78 is 0. The van der Waals surface area contributed by atoms with Crippen LogP contribution < -0.4 is 0 Å². The number of fused-ring (bicyclic) bond motifs is 5. The van der Waals surface area contributed by atoms with E-state index in [-0.39, 0.29) is 22.3 Å². The number of rotatable bonds is 0. The number of carbonyl (C=O) groups is 1. The molecule has 0 radical (unpaired) electrons. The Hall–Kier alpha value is -0.630. The first-order valence-corrected chi connectivity index (χ1v) is 9.62. The molecule has 0 aromatic rings. The molecule has 0 spiro atoms. The minimum atomic E-state index is -0.212. The molecule has 4 rings (SSSR count). The van der Waals surface area contributed by atoms with Crippen molar-refractivity contribution in [1.29, 1.82) is 0 Å². The number of allylic oxidation sites excluding steroid dienone is 1. The number of carbonyl (C=O) groups excluding carboxylic acids is 1. The van der Waals surface area contributed by atoms with Gasteiger partial charge >= 0.3 is 0 Å². The summed E-state index contributed by atoms with van der Waals surface area (Å²) in [7, 11) is 0. The Labute approximate surface area is 140 Å². The number of hydrogen-bond donors (Lipinski definition) is 1. The summed E-state index contributed by atoms with van der Waals surface area (Å²) in [5.74, 6) is 2.48. The van der Waals surface area contributed by atoms with E-state index < -0.39 is 0 Å². The Morgan fingerprint density at radius 2 is 1.78 bits per heavy atom. The van der Waals surface area contributed by atoms with Crippen LogP contribution in [0, 0.1) is 34.0 Å². The van der Waals surface area contributed by atoms with Crippen LogP contribution in [0.15, 0.2) is 11.6 Å². The molecule has 23 heavy (non-hydrogen) atoms. The van der Waals surface area contributed by atoms with Crippen molar-refractivity contribution in [2.45, 2.75) is 78.7 Å². The van der Waals surface area contributed by atoms with Crippen LogP contribution in [0.3, 0.4) is 0 Å². The topological polar surface area (TPSA) is 37.3 Å². The Morgan fingerprint density at radius 1 is 1.04 bits per heavy atom. The van der Waals surface area contributed by atoms with Gasteiger partial charge in [0.1, 0.15) is 0 Å². The summed E-state index contributed by atoms with van der Waals surface area (Å²) in [5, 5.41) is 10.5. The molecule has 0 aliphatic heterocycles. The zero-order valence-electron chi connectivity index (χ0n) is 15.2. The van der Waals surface area contributed by atoms with Crippen molar-refractivity contribution >= 4 is 5.78 Å². The van der Waals surface area contributed by atoms with E-state index in [2.05, 4.69) is 27.7 Å². The number of aliphatic hydroxyl groups is 1. The summed E-state index contributed by atoms with van der Waals surface area (Å²) in [6.07, 6.45) is 9.85. The minimum Gasteiger partial charge on any atom is -0.393 e. The summed E-state index contributed by atoms with van der Waals surface area (Å²) in [6, 6.07) is 0. The molecule has 4 aliphatic rings. The largest absolute Gasteiger partial charge is 0.393 e. The van der Waals surface area contributed by atoms with Crippen LogP contribution in [0.4, 0.5) is 0 Å². The van der Waals surface area contributed by atoms with Gasteiger partial charge in [0.25, 0.3) is 0 Å². The van der Waals surface area contributed by atoms with Gasteiger partial charge in [-0.2, -0.15) is 0 Å². The van der Waals surface area contributed by atoms with Gasteiger partial charge < -0.3 is 5.11 Å². The van der Waals surface area contributed by atoms with Gasteiger partial charge in [0.15, 0.2) is 5.78 Å². The molecule has 0 amide bonds. The highest BCUT2D eigenvalue weighted by molar-refractivity contribution is 5.96. The van der Waals surface area contributed by atoms with Gasteiger partial charge in [-0.05, 0) is 79.6 Å². The monoisotopic (exact) mass is 316 g/mol. The van der Waals surface area contributed by atoms with E-state index in [0.29, 0.717) is 17.6 Å². The van der Waals surface area contributed by atoms with E-state index in [4.69, 9.17) is 0 Å². The molecule has 0 bridgehead atoms. The molecule has 3 saturated carbocycles. The summed E-state index contributed by atoms with van der Waals surface area (Å²) in [6.45, 7) is 9.04. The lowest BCUT2D eigenvalue weighted by molar-refractivity contribution is -0.129. The number of ketones is 1. The van der Waals surface area contributed by atoms with Gasteiger partial charge in [-0.25, -0.2) is 0 Å². The van der Waals surface area contributed by atoms with Crippen molar-refractivity contribution in [3.05, 3.63) is 11.6 Å². The molecule has 1 N–H and O–H groups in total. The molecule has 2 nitrogen and oxygen atoms in total. The van der Waals surface area contributed by atoms with Crippen LogP contribution in [-0.4, -0.2) is 17.0 Å². The highest BCUT2D eigenvalue weighted by atomic mass is 16.3. The van der Waals surface area contributed by atoms with Crippen molar-refractivity contribution in [1.82, 2.24) is 0 Å². The average molecular weight is 316 g/mol. The fourth-order valence-electron chi connectivity index (χ4n) is 7.14. The average Bonchev–Trinajstić information content (AvgIpc) is 2.76. The molecular weight excluding hydrogens is 284 g/mol. The zero-order valence-corrected chi connectivity index (χ0v) is 15.2. The molecule has 128 valence electrons. The van der Waals surface area contributed by atoms with Crippen molar-refractivity contribution < 1.29 is 9.90 Å². The second-order valence-corrected chi connectivity index (χ2v) is 10.1. The molecule has 0 unspecified atom stereocenters. The van der Waals surface area contributed by atoms with Gasteiger partial charge in [0.2, 0.25) is 0 Å². The van der Waals surface area contributed by atoms with Crippen molar-refractivity contribution in [3.63, 3.8) is 0 Å². The third kappa shape index (κ3) is 2.00. The molecule has 2 heteroatoms. The van der Waals surface area contributed by atoms with Crippen molar-refractivity contribution in [2.24, 2.45) is 34.0 Å². The van der Waals surface area contributed by atoms with E-state index >= 15 is 0 Å². The molecular formula is C21H32O2. The zero-order chi connectivity index (χ0) is 16.6. The van der Waals surface area contributed by atoms with E-state index in [9.17, 15) is 9.90 Å². The summed E-state index contributed by atoms with van der Waals surface area (Å²) in [4.78, 5) is 12.4. The Bertz CT molecular complexity index is 574. The third-order valence-corrected chi connectivity index (χ3v) is 8.47. The lowest BCUT2D eigenvalue weighted by Crippen LogP contribution is -2.53. The van der Waals surface area contributed by atoms with Crippen LogP contribution in [-0.2, 0) is 4.79 Å². The smallest absolute Gasteiger partial charge is 0.161 e. The molecule has 0 saturated heterocycles. The van der Waals surface area contributed by atoms with Crippen LogP contribution in [0.5, 0.6) is 0 Å². The third-order valence-electron chi connectivity index (χ3n) is 8.47. The van der Waals surface area contributed by atoms with Crippen LogP contribution in [0.2, 0.25) is 0 Å². The van der Waals surface area contributed by atoms with E-state index in [1.54, 1.807) is 0 Å². The number of aliphatic hydroxyl groups excluding tert-OH is 1. The highest BCUT2D eigenvalue weighted by Crippen LogP contribution is 2.66. The predicted octanol–water partition coefficient (Wildman–Crippen LogP) is 4.52. The first kappa shape index (κ1) is 15.9. The van der Waals surface area contributed by atoms with Crippen LogP contribution >= 0.6 is 0 Å². The summed E-state index contributed by atoms with van der Waals surface area (Å²) >= 11 is 0. The first-order chi connectivity index (χ1) is 10.7. The molecule has 4 aliphatic carbocycles. The molecule has 3 fully saturated rings. The maximum atomic E-state index is 12.4. The standard InChI is InChI=1S/C21H32O2/c1-19(2)12-21(4)13(11-18(19)23)5-6-14-15-7-8-17(22)20(15,3)10-9-16(14)21/h11,14-17,22H,5-10,12H2,1-4H3/t14-,15-,16-,17-,20-,21-/m0/s1. The molecule has 6 atom stereocenters. The van der Waals surface area contributed by atoms with Gasteiger partial charge in [-0.1, -0.05) is 33.3 Å². The fourth-order valence-corrected chi connectivity index (χ4v) is 7.14. The second-order valence-electron chi connectivity index (χ2n) is 10.1. The second kappa shape index (κ2) is 4.71. The lowest BCUT2D eigenvalue weighted by Gasteiger charge is -2.59. The van der Waals surface area contributed by atoms with Gasteiger partial charge in [-0.15, -0.1) is 0 Å². The van der Waals surface area contributed by atoms with Crippen LogP contribution in [0.25, 0.3) is 0 Å². The predicted molar refractivity (Wildman–Crippen MR) is 91.9 cm³/mol. The molecule has 0 aromatic carbocycles. The quantitative estimate of drug-likeness (QED) is 0.713. The minimum absolute atomic E-state index is 0.0948. The molecule has 0 aromatic heterocycles. The van der Waals surface area contributed by atoms with E-state index in [1.165, 1.54) is 24.8 Å². The van der Waals surface area contributed by atoms with Gasteiger partial charge in [-0.3, -0.25) is 4.79 Å². The normalized spacial score (nSPS) is 51.5. The van der Waals surface area contributed by atoms with Gasteiger partial charge in [0, 0.05) is 5.41 Å². The number of hydrogen-bond acceptors (Lipinski definition) is 2. The Balaban J connectivity index is 1.71. The van der Waals surface area contributed by atoms with E-state index in [1.807, 2.05) is 6.08 Å². The Morgan fingerprint density at radius 3 is 2.52 bits per heavy atom. The fraction of sp³-hybridized carbons (Fsp3) is 0.857.